The fraction of sp³-hybridized carbons (Fsp3) is 0.115. The SMILES string of the molecule is CCOc1cc(Cl)ccc1NC(=O)c1cc2ccccc2c(N=Nc2c(Cl)ccc(C)c2S(=O)(=O)O)c1O. The number of hydrogen-bond donors (Lipinski definition) is 3. The van der Waals surface area contributed by atoms with Crippen molar-refractivity contribution in [1.82, 2.24) is 0 Å². The summed E-state index contributed by atoms with van der Waals surface area (Å²) in [5.41, 5.74) is -0.00823. The number of fused-ring (bicyclic) bond motifs is 1. The summed E-state index contributed by atoms with van der Waals surface area (Å²) in [6.45, 7) is 3.58. The fourth-order valence-corrected chi connectivity index (χ4v) is 5.11. The molecule has 196 valence electrons. The van der Waals surface area contributed by atoms with Gasteiger partial charge < -0.3 is 15.2 Å². The average molecular weight is 574 g/mol. The lowest BCUT2D eigenvalue weighted by molar-refractivity contribution is 0.102. The molecule has 0 unspecified atom stereocenters. The van der Waals surface area contributed by atoms with E-state index in [9.17, 15) is 22.9 Å². The van der Waals surface area contributed by atoms with Crippen molar-refractivity contribution >= 4 is 67.1 Å². The topological polar surface area (TPSA) is 138 Å². The first-order valence-electron chi connectivity index (χ1n) is 11.2. The van der Waals surface area contributed by atoms with Crippen LogP contribution in [0.25, 0.3) is 10.8 Å². The van der Waals surface area contributed by atoms with E-state index in [1.54, 1.807) is 49.4 Å². The molecule has 0 aliphatic carbocycles. The molecule has 12 heteroatoms. The molecule has 0 fully saturated rings. The molecule has 0 atom stereocenters. The largest absolute Gasteiger partial charge is 0.505 e. The maximum Gasteiger partial charge on any atom is 0.297 e. The van der Waals surface area contributed by atoms with E-state index in [2.05, 4.69) is 15.5 Å². The molecule has 3 N–H and O–H groups in total. The number of nitrogens with one attached hydrogen (secondary N) is 1. The Morgan fingerprint density at radius 3 is 2.45 bits per heavy atom. The van der Waals surface area contributed by atoms with Gasteiger partial charge in [0.2, 0.25) is 0 Å². The first kappa shape index (κ1) is 27.3. The number of azo groups is 1. The lowest BCUT2D eigenvalue weighted by Gasteiger charge is -2.14. The van der Waals surface area contributed by atoms with Gasteiger partial charge in [0, 0.05) is 16.5 Å². The van der Waals surface area contributed by atoms with Crippen molar-refractivity contribution in [3.05, 3.63) is 81.8 Å². The number of rotatable bonds is 7. The molecule has 4 aromatic rings. The molecule has 0 saturated carbocycles. The van der Waals surface area contributed by atoms with Crippen LogP contribution >= 0.6 is 23.2 Å². The number of hydrogen-bond acceptors (Lipinski definition) is 7. The van der Waals surface area contributed by atoms with Gasteiger partial charge in [0.15, 0.2) is 5.75 Å². The summed E-state index contributed by atoms with van der Waals surface area (Å²) >= 11 is 12.2. The molecule has 0 bridgehead atoms. The van der Waals surface area contributed by atoms with E-state index in [1.165, 1.54) is 25.1 Å². The lowest BCUT2D eigenvalue weighted by atomic mass is 10.0. The monoisotopic (exact) mass is 573 g/mol. The van der Waals surface area contributed by atoms with E-state index < -0.39 is 26.7 Å². The zero-order valence-corrected chi connectivity index (χ0v) is 22.4. The number of nitrogens with zero attached hydrogens (tertiary/aromatic N) is 2. The van der Waals surface area contributed by atoms with Gasteiger partial charge in [-0.25, -0.2) is 0 Å². The molecule has 9 nitrogen and oxygen atoms in total. The van der Waals surface area contributed by atoms with Crippen molar-refractivity contribution < 1.29 is 27.6 Å². The molecular weight excluding hydrogens is 553 g/mol. The number of phenols is 1. The van der Waals surface area contributed by atoms with Crippen molar-refractivity contribution in [1.29, 1.82) is 0 Å². The number of phenolic OH excluding ortho intramolecular Hbond substituents is 1. The van der Waals surface area contributed by atoms with Crippen LogP contribution in [0.3, 0.4) is 0 Å². The van der Waals surface area contributed by atoms with Crippen LogP contribution in [0.4, 0.5) is 17.1 Å². The summed E-state index contributed by atoms with van der Waals surface area (Å²) in [6.07, 6.45) is 0. The number of ether oxygens (including phenoxy) is 1. The quantitative estimate of drug-likeness (QED) is 0.155. The average Bonchev–Trinajstić information content (AvgIpc) is 2.86. The van der Waals surface area contributed by atoms with E-state index >= 15 is 0 Å². The molecule has 0 heterocycles. The third-order valence-corrected chi connectivity index (χ3v) is 7.09. The molecule has 38 heavy (non-hydrogen) atoms. The zero-order chi connectivity index (χ0) is 27.6. The van der Waals surface area contributed by atoms with Crippen LogP contribution < -0.4 is 10.1 Å². The summed E-state index contributed by atoms with van der Waals surface area (Å²) in [7, 11) is -4.70. The Morgan fingerprint density at radius 2 is 1.74 bits per heavy atom. The number of benzene rings is 4. The highest BCUT2D eigenvalue weighted by atomic mass is 35.5. The van der Waals surface area contributed by atoms with Crippen molar-refractivity contribution in [3.63, 3.8) is 0 Å². The number of anilines is 1. The Bertz CT molecular complexity index is 1710. The highest BCUT2D eigenvalue weighted by Crippen LogP contribution is 2.42. The van der Waals surface area contributed by atoms with Gasteiger partial charge >= 0.3 is 0 Å². The fourth-order valence-electron chi connectivity index (χ4n) is 3.82. The van der Waals surface area contributed by atoms with Crippen molar-refractivity contribution in [2.75, 3.05) is 11.9 Å². The number of carbonyl (C=O) groups is 1. The second-order valence-electron chi connectivity index (χ2n) is 8.09. The van der Waals surface area contributed by atoms with Crippen molar-refractivity contribution in [2.45, 2.75) is 18.7 Å². The Hall–Kier alpha value is -3.70. The van der Waals surface area contributed by atoms with Crippen LogP contribution in [-0.4, -0.2) is 30.6 Å². The smallest absolute Gasteiger partial charge is 0.297 e. The van der Waals surface area contributed by atoms with Gasteiger partial charge in [0.1, 0.15) is 22.0 Å². The van der Waals surface area contributed by atoms with Crippen molar-refractivity contribution in [2.24, 2.45) is 10.2 Å². The summed E-state index contributed by atoms with van der Waals surface area (Å²) in [5, 5.41) is 23.2. The Morgan fingerprint density at radius 1 is 1.03 bits per heavy atom. The number of aromatic hydroxyl groups is 1. The van der Waals surface area contributed by atoms with Crippen LogP contribution in [0.15, 0.2) is 75.8 Å². The molecule has 1 amide bonds. The molecule has 0 aromatic heterocycles. The van der Waals surface area contributed by atoms with Gasteiger partial charge in [0.25, 0.3) is 16.0 Å². The van der Waals surface area contributed by atoms with Gasteiger partial charge in [-0.15, -0.1) is 10.2 Å². The summed E-state index contributed by atoms with van der Waals surface area (Å²) < 4.78 is 39.3. The van der Waals surface area contributed by atoms with E-state index in [4.69, 9.17) is 27.9 Å². The second-order valence-corrected chi connectivity index (χ2v) is 10.3. The number of halogens is 2. The van der Waals surface area contributed by atoms with Gasteiger partial charge in [-0.1, -0.05) is 53.5 Å². The molecule has 0 saturated heterocycles. The standard InChI is InChI=1S/C26H21Cl2N3O6S/c1-3-37-21-13-16(27)9-11-20(21)29-26(33)18-12-15-6-4-5-7-17(15)22(24(18)32)30-31-23-19(28)10-8-14(2)25(23)38(34,35)36/h4-13,32H,3H2,1-2H3,(H,29,33)(H,34,35,36). The third-order valence-electron chi connectivity index (χ3n) is 5.52. The van der Waals surface area contributed by atoms with Crippen LogP contribution in [-0.2, 0) is 10.1 Å². The van der Waals surface area contributed by atoms with E-state index in [0.29, 0.717) is 33.8 Å². The molecule has 0 aliphatic rings. The van der Waals surface area contributed by atoms with E-state index in [0.717, 1.165) is 0 Å². The lowest BCUT2D eigenvalue weighted by Crippen LogP contribution is -2.13. The minimum Gasteiger partial charge on any atom is -0.505 e. The normalized spacial score (nSPS) is 11.7. The zero-order valence-electron chi connectivity index (χ0n) is 20.1. The van der Waals surface area contributed by atoms with Gasteiger partial charge in [-0.2, -0.15) is 8.42 Å². The van der Waals surface area contributed by atoms with Crippen LogP contribution in [0.2, 0.25) is 10.0 Å². The molecular formula is C26H21Cl2N3O6S. The minimum absolute atomic E-state index is 0.0872. The van der Waals surface area contributed by atoms with Crippen LogP contribution in [0.1, 0.15) is 22.8 Å². The minimum atomic E-state index is -4.70. The molecule has 4 aromatic carbocycles. The Balaban J connectivity index is 1.84. The van der Waals surface area contributed by atoms with Crippen molar-refractivity contribution in [3.8, 4) is 11.5 Å². The predicted octanol–water partition coefficient (Wildman–Crippen LogP) is 7.47. The first-order valence-corrected chi connectivity index (χ1v) is 13.4. The Kier molecular flexibility index (Phi) is 7.89. The number of carbonyl (C=O) groups excluding carboxylic acids is 1. The number of aryl methyl sites for hydroxylation is 1. The van der Waals surface area contributed by atoms with Crippen LogP contribution in [0.5, 0.6) is 11.5 Å². The molecule has 4 rings (SSSR count). The maximum absolute atomic E-state index is 13.3. The van der Waals surface area contributed by atoms with Gasteiger partial charge in [0.05, 0.1) is 22.9 Å². The Labute approximate surface area is 228 Å². The predicted molar refractivity (Wildman–Crippen MR) is 146 cm³/mol. The summed E-state index contributed by atoms with van der Waals surface area (Å²) in [5.74, 6) is -0.824. The van der Waals surface area contributed by atoms with Crippen LogP contribution in [0, 0.1) is 6.92 Å². The molecule has 0 aliphatic heterocycles. The molecule has 0 radical (unpaired) electrons. The third kappa shape index (κ3) is 5.58. The van der Waals surface area contributed by atoms with Gasteiger partial charge in [-0.05, 0) is 49.1 Å². The highest BCUT2D eigenvalue weighted by Gasteiger charge is 2.23. The summed E-state index contributed by atoms with van der Waals surface area (Å²) in [6, 6.07) is 15.8. The second kappa shape index (κ2) is 11.0. The maximum atomic E-state index is 13.3. The van der Waals surface area contributed by atoms with Gasteiger partial charge in [-0.3, -0.25) is 9.35 Å². The first-order chi connectivity index (χ1) is 18.0. The highest BCUT2D eigenvalue weighted by molar-refractivity contribution is 7.86. The summed E-state index contributed by atoms with van der Waals surface area (Å²) in [4.78, 5) is 12.7. The number of amides is 1. The van der Waals surface area contributed by atoms with E-state index in [1.807, 2.05) is 0 Å². The molecule has 0 spiro atoms. The van der Waals surface area contributed by atoms with E-state index in [-0.39, 0.29) is 27.5 Å².